The molecule has 0 spiro atoms. The summed E-state index contributed by atoms with van der Waals surface area (Å²) < 4.78 is 40.3. The molecule has 6 atom stereocenters. The van der Waals surface area contributed by atoms with Crippen LogP contribution in [0.15, 0.2) is 102 Å². The van der Waals surface area contributed by atoms with Gasteiger partial charge in [-0.2, -0.15) is 0 Å². The van der Waals surface area contributed by atoms with Gasteiger partial charge < -0.3 is 35.4 Å². The molecule has 6 rings (SSSR count). The Bertz CT molecular complexity index is 2350. The van der Waals surface area contributed by atoms with E-state index < -0.39 is 81.3 Å². The van der Waals surface area contributed by atoms with Gasteiger partial charge in [0.2, 0.25) is 17.7 Å². The van der Waals surface area contributed by atoms with E-state index in [1.165, 1.54) is 44.4 Å². The second-order valence-electron chi connectivity index (χ2n) is 13.9. The molecule has 3 aromatic carbocycles. The standard InChI is InChI=1S/C40H41ClN6O10S/c1-4-25-20-40(25,38(51)46-58(54,55)28-13-9-6-10-14-28)45-36(49)33-18-27(22-47(33)37(50)32(44-39(52)53)21-42-35(48)23(2)41)57-34-19-30(24-11-7-5-8-12-24)43-31-17-26(56-3)15-16-29(31)34/h4-17,19,23,25,27,32-33,44H,1,18,20-22H2,2-3H3,(H,42,48)(H,45,49)(H,46,51)(H,52,53)/t23-,25+,27+,32-,33-,40+/m0/s1. The Morgan fingerprint density at radius 2 is 1.74 bits per heavy atom. The fourth-order valence-corrected chi connectivity index (χ4v) is 7.95. The molecule has 0 radical (unpaired) electrons. The van der Waals surface area contributed by atoms with Gasteiger partial charge in [-0.25, -0.2) is 22.9 Å². The highest BCUT2D eigenvalue weighted by Gasteiger charge is 2.61. The first-order valence-corrected chi connectivity index (χ1v) is 20.1. The number of carbonyl (C=O) groups is 5. The summed E-state index contributed by atoms with van der Waals surface area (Å²) in [5.41, 5.74) is 0.151. The Labute approximate surface area is 339 Å². The van der Waals surface area contributed by atoms with Crippen LogP contribution in [0.4, 0.5) is 4.79 Å². The lowest BCUT2D eigenvalue weighted by molar-refractivity contribution is -0.141. The van der Waals surface area contributed by atoms with Crippen LogP contribution < -0.4 is 30.1 Å². The summed E-state index contributed by atoms with van der Waals surface area (Å²) in [6, 6.07) is 20.6. The maximum Gasteiger partial charge on any atom is 0.405 e. The van der Waals surface area contributed by atoms with E-state index in [9.17, 15) is 37.5 Å². The number of ether oxygens (including phenoxy) is 2. The molecule has 1 aromatic heterocycles. The highest BCUT2D eigenvalue weighted by Crippen LogP contribution is 2.45. The number of aromatic nitrogens is 1. The number of hydrogen-bond acceptors (Lipinski definition) is 10. The summed E-state index contributed by atoms with van der Waals surface area (Å²) in [6.45, 7) is 4.40. The van der Waals surface area contributed by atoms with E-state index in [0.717, 1.165) is 10.5 Å². The number of alkyl halides is 1. The minimum atomic E-state index is -4.34. The van der Waals surface area contributed by atoms with Gasteiger partial charge in [-0.15, -0.1) is 18.2 Å². The highest BCUT2D eigenvalue weighted by atomic mass is 35.5. The van der Waals surface area contributed by atoms with Gasteiger partial charge in [0.15, 0.2) is 0 Å². The number of hydrogen-bond donors (Lipinski definition) is 5. The van der Waals surface area contributed by atoms with E-state index in [-0.39, 0.29) is 24.3 Å². The van der Waals surface area contributed by atoms with Crippen LogP contribution in [0.25, 0.3) is 22.2 Å². The third kappa shape index (κ3) is 9.00. The summed E-state index contributed by atoms with van der Waals surface area (Å²) in [7, 11) is -2.81. The molecule has 2 fully saturated rings. The molecule has 2 heterocycles. The predicted molar refractivity (Wildman–Crippen MR) is 212 cm³/mol. The third-order valence-corrected chi connectivity index (χ3v) is 11.5. The summed E-state index contributed by atoms with van der Waals surface area (Å²) in [6.07, 6.45) is -1.16. The summed E-state index contributed by atoms with van der Waals surface area (Å²) in [5, 5.41) is 16.5. The zero-order valence-electron chi connectivity index (χ0n) is 31.4. The van der Waals surface area contributed by atoms with Crippen LogP contribution in [0.1, 0.15) is 19.8 Å². The number of carboxylic acid groups (broad SMARTS) is 1. The van der Waals surface area contributed by atoms with Crippen LogP contribution in [0, 0.1) is 5.92 Å². The minimum absolute atomic E-state index is 0.0134. The van der Waals surface area contributed by atoms with Crippen molar-refractivity contribution in [1.29, 1.82) is 0 Å². The molecule has 1 aliphatic heterocycles. The highest BCUT2D eigenvalue weighted by molar-refractivity contribution is 7.90. The second-order valence-corrected chi connectivity index (χ2v) is 16.2. The number of nitrogens with one attached hydrogen (secondary N) is 4. The molecule has 18 heteroatoms. The average molecular weight is 833 g/mol. The van der Waals surface area contributed by atoms with Crippen molar-refractivity contribution in [2.45, 2.75) is 53.8 Å². The number of fused-ring (bicyclic) bond motifs is 1. The number of benzene rings is 3. The Morgan fingerprint density at radius 1 is 1.05 bits per heavy atom. The SMILES string of the molecule is C=C[C@@H]1C[C@]1(NC(=O)[C@@H]1C[C@@H](Oc2cc(-c3ccccc3)nc3cc(OC)ccc23)CN1C(=O)[C@H](CNC(=O)[C@H](C)Cl)NC(=O)O)C(=O)NS(=O)(=O)c1ccccc1. The van der Waals surface area contributed by atoms with Crippen LogP contribution in [0.2, 0.25) is 0 Å². The molecule has 1 aliphatic carbocycles. The van der Waals surface area contributed by atoms with Crippen molar-refractivity contribution in [2.75, 3.05) is 20.2 Å². The predicted octanol–water partition coefficient (Wildman–Crippen LogP) is 3.20. The number of amides is 5. The first kappa shape index (κ1) is 41.4. The van der Waals surface area contributed by atoms with Gasteiger partial charge in [0, 0.05) is 42.0 Å². The molecule has 5 N–H and O–H groups in total. The van der Waals surface area contributed by atoms with E-state index in [1.807, 2.05) is 30.3 Å². The molecule has 0 unspecified atom stereocenters. The van der Waals surface area contributed by atoms with Gasteiger partial charge >= 0.3 is 6.09 Å². The molecular weight excluding hydrogens is 792 g/mol. The van der Waals surface area contributed by atoms with Crippen molar-refractivity contribution in [3.8, 4) is 22.8 Å². The molecule has 1 saturated heterocycles. The lowest BCUT2D eigenvalue weighted by atomic mass is 10.1. The lowest BCUT2D eigenvalue weighted by Crippen LogP contribution is -2.59. The number of carbonyl (C=O) groups excluding carboxylic acids is 4. The molecule has 4 aromatic rings. The normalized spacial score (nSPS) is 20.9. The fraction of sp³-hybridized carbons (Fsp3) is 0.300. The first-order chi connectivity index (χ1) is 27.6. The van der Waals surface area contributed by atoms with Gasteiger partial charge in [0.25, 0.3) is 15.9 Å². The quantitative estimate of drug-likeness (QED) is 0.0865. The van der Waals surface area contributed by atoms with Crippen molar-refractivity contribution in [2.24, 2.45) is 5.92 Å². The lowest BCUT2D eigenvalue weighted by Gasteiger charge is -2.29. The largest absolute Gasteiger partial charge is 0.497 e. The Balaban J connectivity index is 1.33. The summed E-state index contributed by atoms with van der Waals surface area (Å²) >= 11 is 5.88. The Kier molecular flexibility index (Phi) is 12.2. The van der Waals surface area contributed by atoms with Crippen LogP contribution in [-0.4, -0.2) is 102 Å². The monoisotopic (exact) mass is 832 g/mol. The number of sulfonamides is 1. The van der Waals surface area contributed by atoms with Crippen LogP contribution >= 0.6 is 11.6 Å². The van der Waals surface area contributed by atoms with E-state index in [1.54, 1.807) is 30.3 Å². The number of likely N-dealkylation sites (tertiary alicyclic amines) is 1. The van der Waals surface area contributed by atoms with E-state index in [4.69, 9.17) is 26.1 Å². The first-order valence-electron chi connectivity index (χ1n) is 18.1. The van der Waals surface area contributed by atoms with Crippen LogP contribution in [0.5, 0.6) is 11.5 Å². The summed E-state index contributed by atoms with van der Waals surface area (Å²) in [4.78, 5) is 72.3. The fourth-order valence-electron chi connectivity index (χ4n) is 6.81. The van der Waals surface area contributed by atoms with Gasteiger partial charge in [0.05, 0.1) is 29.8 Å². The number of nitrogens with zero attached hydrogens (tertiary/aromatic N) is 2. The molecular formula is C40H41ClN6O10S. The number of halogens is 1. The van der Waals surface area contributed by atoms with Crippen LogP contribution in [-0.2, 0) is 29.2 Å². The average Bonchev–Trinajstić information content (AvgIpc) is 3.77. The number of pyridine rings is 1. The zero-order chi connectivity index (χ0) is 41.8. The van der Waals surface area contributed by atoms with E-state index >= 15 is 0 Å². The topological polar surface area (TPSA) is 222 Å². The molecule has 304 valence electrons. The molecule has 0 bridgehead atoms. The van der Waals surface area contributed by atoms with E-state index in [0.29, 0.717) is 28.1 Å². The molecule has 1 saturated carbocycles. The zero-order valence-corrected chi connectivity index (χ0v) is 33.0. The second kappa shape index (κ2) is 17.1. The third-order valence-electron chi connectivity index (χ3n) is 9.96. The molecule has 5 amide bonds. The molecule has 16 nitrogen and oxygen atoms in total. The Morgan fingerprint density at radius 3 is 2.36 bits per heavy atom. The maximum atomic E-state index is 14.4. The van der Waals surface area contributed by atoms with Gasteiger partial charge in [-0.1, -0.05) is 54.6 Å². The Hall–Kier alpha value is -6.20. The molecule has 58 heavy (non-hydrogen) atoms. The van der Waals surface area contributed by atoms with Gasteiger partial charge in [0.1, 0.15) is 40.6 Å². The van der Waals surface area contributed by atoms with Crippen molar-refractivity contribution in [3.63, 3.8) is 0 Å². The smallest absolute Gasteiger partial charge is 0.405 e. The van der Waals surface area contributed by atoms with Crippen molar-refractivity contribution in [3.05, 3.63) is 97.6 Å². The molecule has 2 aliphatic rings. The summed E-state index contributed by atoms with van der Waals surface area (Å²) in [5.74, 6) is -3.14. The van der Waals surface area contributed by atoms with Crippen molar-refractivity contribution >= 4 is 62.2 Å². The number of methoxy groups -OCH3 is 1. The van der Waals surface area contributed by atoms with Crippen molar-refractivity contribution in [1.82, 2.24) is 30.6 Å². The van der Waals surface area contributed by atoms with Crippen molar-refractivity contribution < 1.29 is 47.0 Å². The number of rotatable bonds is 15. The van der Waals surface area contributed by atoms with Crippen LogP contribution in [0.3, 0.4) is 0 Å². The maximum absolute atomic E-state index is 14.4. The van der Waals surface area contributed by atoms with E-state index in [2.05, 4.69) is 27.3 Å². The van der Waals surface area contributed by atoms with Gasteiger partial charge in [-0.05, 0) is 37.6 Å². The van der Waals surface area contributed by atoms with Gasteiger partial charge in [-0.3, -0.25) is 19.2 Å². The minimum Gasteiger partial charge on any atom is -0.497 e.